The zero-order valence-corrected chi connectivity index (χ0v) is 12.8. The molecular formula is C16H25N3O2. The summed E-state index contributed by atoms with van der Waals surface area (Å²) in [5.74, 6) is -0.859. The molecule has 116 valence electrons. The van der Waals surface area contributed by atoms with Gasteiger partial charge in [0.15, 0.2) is 0 Å². The summed E-state index contributed by atoms with van der Waals surface area (Å²) in [4.78, 5) is 15.7. The number of hydrogen-bond donors (Lipinski definition) is 2. The normalized spacial score (nSPS) is 18.0. The SMILES string of the molecule is CC(C)N1CCN(c2ccccc2C(N)CC(=O)O)CC1. The number of nitrogens with two attached hydrogens (primary N) is 1. The Labute approximate surface area is 126 Å². The Kier molecular flexibility index (Phi) is 5.20. The van der Waals surface area contributed by atoms with E-state index in [4.69, 9.17) is 10.8 Å². The first-order valence-corrected chi connectivity index (χ1v) is 7.54. The molecule has 1 fully saturated rings. The molecule has 2 rings (SSSR count). The lowest BCUT2D eigenvalue weighted by molar-refractivity contribution is -0.137. The minimum absolute atomic E-state index is 0.0387. The molecule has 1 saturated heterocycles. The third-order valence-corrected chi connectivity index (χ3v) is 4.12. The quantitative estimate of drug-likeness (QED) is 0.864. The highest BCUT2D eigenvalue weighted by atomic mass is 16.4. The number of carboxylic acids is 1. The zero-order valence-electron chi connectivity index (χ0n) is 12.8. The van der Waals surface area contributed by atoms with Gasteiger partial charge in [0.1, 0.15) is 0 Å². The molecule has 0 saturated carbocycles. The van der Waals surface area contributed by atoms with Crippen molar-refractivity contribution < 1.29 is 9.90 Å². The van der Waals surface area contributed by atoms with E-state index in [0.29, 0.717) is 6.04 Å². The van der Waals surface area contributed by atoms with Gasteiger partial charge >= 0.3 is 5.97 Å². The van der Waals surface area contributed by atoms with Crippen molar-refractivity contribution in [1.29, 1.82) is 0 Å². The summed E-state index contributed by atoms with van der Waals surface area (Å²) in [6.07, 6.45) is -0.0387. The van der Waals surface area contributed by atoms with Crippen LogP contribution in [-0.2, 0) is 4.79 Å². The van der Waals surface area contributed by atoms with E-state index in [1.807, 2.05) is 24.3 Å². The predicted molar refractivity (Wildman–Crippen MR) is 84.5 cm³/mol. The average molecular weight is 291 g/mol. The third kappa shape index (κ3) is 3.95. The summed E-state index contributed by atoms with van der Waals surface area (Å²) in [5.41, 5.74) is 8.07. The van der Waals surface area contributed by atoms with Gasteiger partial charge in [-0.3, -0.25) is 9.69 Å². The number of para-hydroxylation sites is 1. The molecule has 1 aliphatic rings. The van der Waals surface area contributed by atoms with E-state index in [0.717, 1.165) is 37.4 Å². The number of hydrogen-bond acceptors (Lipinski definition) is 4. The fraction of sp³-hybridized carbons (Fsp3) is 0.562. The van der Waals surface area contributed by atoms with Crippen LogP contribution in [0.1, 0.15) is 31.9 Å². The molecule has 1 atom stereocenters. The van der Waals surface area contributed by atoms with Crippen LogP contribution in [-0.4, -0.2) is 48.2 Å². The third-order valence-electron chi connectivity index (χ3n) is 4.12. The number of carbonyl (C=O) groups is 1. The number of carboxylic acid groups (broad SMARTS) is 1. The second kappa shape index (κ2) is 6.91. The maximum Gasteiger partial charge on any atom is 0.305 e. The van der Waals surface area contributed by atoms with Crippen molar-refractivity contribution >= 4 is 11.7 Å². The molecule has 1 aromatic carbocycles. The van der Waals surface area contributed by atoms with E-state index in [1.165, 1.54) is 0 Å². The molecule has 0 bridgehead atoms. The van der Waals surface area contributed by atoms with Crippen LogP contribution in [0.3, 0.4) is 0 Å². The molecule has 3 N–H and O–H groups in total. The smallest absolute Gasteiger partial charge is 0.305 e. The first kappa shape index (κ1) is 15.8. The number of piperazine rings is 1. The molecule has 0 amide bonds. The van der Waals surface area contributed by atoms with Crippen molar-refractivity contribution in [1.82, 2.24) is 4.90 Å². The van der Waals surface area contributed by atoms with Crippen LogP contribution in [0.5, 0.6) is 0 Å². The Bertz CT molecular complexity index is 482. The molecule has 0 spiro atoms. The van der Waals surface area contributed by atoms with E-state index in [9.17, 15) is 4.79 Å². The topological polar surface area (TPSA) is 69.8 Å². The van der Waals surface area contributed by atoms with Gasteiger partial charge in [-0.05, 0) is 25.5 Å². The van der Waals surface area contributed by atoms with Gasteiger partial charge < -0.3 is 15.7 Å². The summed E-state index contributed by atoms with van der Waals surface area (Å²) >= 11 is 0. The molecule has 0 radical (unpaired) electrons. The van der Waals surface area contributed by atoms with Gasteiger partial charge in [0.05, 0.1) is 6.42 Å². The number of benzene rings is 1. The van der Waals surface area contributed by atoms with E-state index < -0.39 is 12.0 Å². The minimum Gasteiger partial charge on any atom is -0.481 e. The molecule has 1 aliphatic heterocycles. The standard InChI is InChI=1S/C16H25N3O2/c1-12(2)18-7-9-19(10-8-18)15-6-4-3-5-13(15)14(17)11-16(20)21/h3-6,12,14H,7-11,17H2,1-2H3,(H,20,21). The Morgan fingerprint density at radius 3 is 2.43 bits per heavy atom. The summed E-state index contributed by atoms with van der Waals surface area (Å²) in [5, 5.41) is 8.94. The van der Waals surface area contributed by atoms with Crippen molar-refractivity contribution in [2.75, 3.05) is 31.1 Å². The van der Waals surface area contributed by atoms with Crippen LogP contribution in [0.2, 0.25) is 0 Å². The molecule has 5 nitrogen and oxygen atoms in total. The largest absolute Gasteiger partial charge is 0.481 e. The highest BCUT2D eigenvalue weighted by molar-refractivity contribution is 5.69. The van der Waals surface area contributed by atoms with Gasteiger partial charge in [-0.1, -0.05) is 18.2 Å². The predicted octanol–water partition coefficient (Wildman–Crippen LogP) is 1.69. The van der Waals surface area contributed by atoms with Crippen LogP contribution in [0.15, 0.2) is 24.3 Å². The number of nitrogens with zero attached hydrogens (tertiary/aromatic N) is 2. The first-order valence-electron chi connectivity index (χ1n) is 7.54. The Balaban J connectivity index is 2.12. The van der Waals surface area contributed by atoms with Crippen LogP contribution in [0.25, 0.3) is 0 Å². The van der Waals surface area contributed by atoms with Gasteiger partial charge in [0, 0.05) is 44.0 Å². The second-order valence-corrected chi connectivity index (χ2v) is 5.88. The Hall–Kier alpha value is -1.59. The lowest BCUT2D eigenvalue weighted by atomic mass is 10.0. The Morgan fingerprint density at radius 1 is 1.24 bits per heavy atom. The maximum absolute atomic E-state index is 10.9. The van der Waals surface area contributed by atoms with Crippen molar-refractivity contribution in [3.05, 3.63) is 29.8 Å². The maximum atomic E-state index is 10.9. The minimum atomic E-state index is -0.859. The molecule has 1 aromatic rings. The first-order chi connectivity index (χ1) is 9.99. The summed E-state index contributed by atoms with van der Waals surface area (Å²) < 4.78 is 0. The summed E-state index contributed by atoms with van der Waals surface area (Å²) in [7, 11) is 0. The molecule has 0 aliphatic carbocycles. The molecular weight excluding hydrogens is 266 g/mol. The second-order valence-electron chi connectivity index (χ2n) is 5.88. The molecule has 0 aromatic heterocycles. The van der Waals surface area contributed by atoms with Gasteiger partial charge in [-0.25, -0.2) is 0 Å². The highest BCUT2D eigenvalue weighted by Gasteiger charge is 2.22. The average Bonchev–Trinajstić information content (AvgIpc) is 2.46. The van der Waals surface area contributed by atoms with Crippen LogP contribution < -0.4 is 10.6 Å². The van der Waals surface area contributed by atoms with Gasteiger partial charge in [-0.2, -0.15) is 0 Å². The molecule has 1 heterocycles. The van der Waals surface area contributed by atoms with Crippen molar-refractivity contribution in [3.63, 3.8) is 0 Å². The van der Waals surface area contributed by atoms with Gasteiger partial charge in [0.25, 0.3) is 0 Å². The Morgan fingerprint density at radius 2 is 1.86 bits per heavy atom. The van der Waals surface area contributed by atoms with E-state index in [2.05, 4.69) is 23.6 Å². The monoisotopic (exact) mass is 291 g/mol. The zero-order chi connectivity index (χ0) is 15.4. The number of aliphatic carboxylic acids is 1. The highest BCUT2D eigenvalue weighted by Crippen LogP contribution is 2.28. The fourth-order valence-electron chi connectivity index (χ4n) is 2.87. The van der Waals surface area contributed by atoms with Crippen LogP contribution in [0, 0.1) is 0 Å². The molecule has 21 heavy (non-hydrogen) atoms. The number of rotatable bonds is 5. The van der Waals surface area contributed by atoms with Crippen LogP contribution in [0.4, 0.5) is 5.69 Å². The van der Waals surface area contributed by atoms with E-state index in [1.54, 1.807) is 0 Å². The van der Waals surface area contributed by atoms with Crippen LogP contribution >= 0.6 is 0 Å². The molecule has 1 unspecified atom stereocenters. The van der Waals surface area contributed by atoms with Crippen molar-refractivity contribution in [3.8, 4) is 0 Å². The van der Waals surface area contributed by atoms with Crippen molar-refractivity contribution in [2.45, 2.75) is 32.4 Å². The van der Waals surface area contributed by atoms with Gasteiger partial charge in [0.2, 0.25) is 0 Å². The fourth-order valence-corrected chi connectivity index (χ4v) is 2.87. The van der Waals surface area contributed by atoms with E-state index in [-0.39, 0.29) is 6.42 Å². The lowest BCUT2D eigenvalue weighted by Gasteiger charge is -2.39. The van der Waals surface area contributed by atoms with Crippen molar-refractivity contribution in [2.24, 2.45) is 5.73 Å². The summed E-state index contributed by atoms with van der Waals surface area (Å²) in [6, 6.07) is 8.00. The van der Waals surface area contributed by atoms with Gasteiger partial charge in [-0.15, -0.1) is 0 Å². The summed E-state index contributed by atoms with van der Waals surface area (Å²) in [6.45, 7) is 8.39. The van der Waals surface area contributed by atoms with E-state index >= 15 is 0 Å². The number of anilines is 1. The lowest BCUT2D eigenvalue weighted by Crippen LogP contribution is -2.49. The molecule has 5 heteroatoms.